The van der Waals surface area contributed by atoms with E-state index in [0.29, 0.717) is 6.42 Å². The fourth-order valence-electron chi connectivity index (χ4n) is 1.64. The Balaban J connectivity index is 5.13. The van der Waals surface area contributed by atoms with Crippen molar-refractivity contribution < 1.29 is 19.4 Å². The van der Waals surface area contributed by atoms with E-state index in [9.17, 15) is 14.7 Å². The molecule has 100 valence electrons. The number of aliphatic carboxylic acids is 1. The highest BCUT2D eigenvalue weighted by atomic mass is 16.6. The van der Waals surface area contributed by atoms with Crippen LogP contribution in [0.2, 0.25) is 0 Å². The minimum absolute atomic E-state index is 0.0745. The summed E-state index contributed by atoms with van der Waals surface area (Å²) < 4.78 is 5.21. The van der Waals surface area contributed by atoms with Gasteiger partial charge >= 0.3 is 11.9 Å². The van der Waals surface area contributed by atoms with E-state index >= 15 is 0 Å². The number of ether oxygens (including phenoxy) is 1. The number of nitrogens with one attached hydrogen (secondary N) is 1. The molecule has 5 nitrogen and oxygen atoms in total. The number of hydrogen-bond donors (Lipinski definition) is 2. The number of carbonyl (C=O) groups is 2. The molecule has 0 bridgehead atoms. The van der Waals surface area contributed by atoms with Gasteiger partial charge in [0.2, 0.25) is 0 Å². The van der Waals surface area contributed by atoms with Crippen molar-refractivity contribution in [1.82, 2.24) is 5.32 Å². The molecular formula is C12H23NO4. The van der Waals surface area contributed by atoms with Crippen molar-refractivity contribution in [2.24, 2.45) is 5.41 Å². The van der Waals surface area contributed by atoms with Crippen molar-refractivity contribution in [3.63, 3.8) is 0 Å². The molecule has 0 fully saturated rings. The van der Waals surface area contributed by atoms with Gasteiger partial charge in [-0.1, -0.05) is 13.3 Å². The van der Waals surface area contributed by atoms with Crippen LogP contribution in [-0.2, 0) is 14.3 Å². The van der Waals surface area contributed by atoms with Gasteiger partial charge in [-0.2, -0.15) is 0 Å². The van der Waals surface area contributed by atoms with E-state index in [1.165, 1.54) is 0 Å². The topological polar surface area (TPSA) is 75.6 Å². The molecule has 0 saturated heterocycles. The average Bonchev–Trinajstić information content (AvgIpc) is 2.13. The first-order valence-electron chi connectivity index (χ1n) is 5.81. The summed E-state index contributed by atoms with van der Waals surface area (Å²) in [4.78, 5) is 23.4. The van der Waals surface area contributed by atoms with E-state index in [1.54, 1.807) is 27.8 Å². The van der Waals surface area contributed by atoms with Gasteiger partial charge in [-0.05, 0) is 34.2 Å². The zero-order chi connectivity index (χ0) is 13.7. The smallest absolute Gasteiger partial charge is 0.325 e. The molecule has 0 amide bonds. The van der Waals surface area contributed by atoms with E-state index in [1.807, 2.05) is 6.92 Å². The molecule has 0 aromatic heterocycles. The first-order valence-corrected chi connectivity index (χ1v) is 5.81. The van der Waals surface area contributed by atoms with Gasteiger partial charge in [0.25, 0.3) is 0 Å². The average molecular weight is 245 g/mol. The lowest BCUT2D eigenvalue weighted by Gasteiger charge is -2.30. The molecule has 1 atom stereocenters. The lowest BCUT2D eigenvalue weighted by molar-refractivity contribution is -0.177. The Labute approximate surface area is 103 Å². The van der Waals surface area contributed by atoms with Crippen LogP contribution in [0.25, 0.3) is 0 Å². The van der Waals surface area contributed by atoms with Crippen molar-refractivity contribution >= 4 is 11.9 Å². The summed E-state index contributed by atoms with van der Waals surface area (Å²) in [5.74, 6) is -1.81. The molecule has 5 heteroatoms. The third-order valence-electron chi connectivity index (χ3n) is 2.35. The Morgan fingerprint density at radius 2 is 1.82 bits per heavy atom. The van der Waals surface area contributed by atoms with Gasteiger partial charge in [-0.25, -0.2) is 0 Å². The summed E-state index contributed by atoms with van der Waals surface area (Å²) >= 11 is 0. The van der Waals surface area contributed by atoms with Gasteiger partial charge in [0.15, 0.2) is 5.41 Å². The van der Waals surface area contributed by atoms with E-state index < -0.39 is 23.0 Å². The van der Waals surface area contributed by atoms with E-state index in [-0.39, 0.29) is 13.0 Å². The van der Waals surface area contributed by atoms with Gasteiger partial charge in [-0.15, -0.1) is 0 Å². The highest BCUT2D eigenvalue weighted by Crippen LogP contribution is 2.28. The molecule has 17 heavy (non-hydrogen) atoms. The van der Waals surface area contributed by atoms with Crippen LogP contribution in [0, 0.1) is 5.41 Å². The largest absolute Gasteiger partial charge is 0.480 e. The number of carboxylic acid groups (broad SMARTS) is 1. The fourth-order valence-corrected chi connectivity index (χ4v) is 1.64. The van der Waals surface area contributed by atoms with Gasteiger partial charge in [0, 0.05) is 6.54 Å². The van der Waals surface area contributed by atoms with Crippen molar-refractivity contribution in [2.75, 3.05) is 13.6 Å². The summed E-state index contributed by atoms with van der Waals surface area (Å²) in [6, 6.07) is 0. The van der Waals surface area contributed by atoms with Crippen LogP contribution < -0.4 is 5.32 Å². The SMILES string of the molecule is CCC[C@@](CNC)(C(=O)O)C(=O)OC(C)(C)C. The Morgan fingerprint density at radius 1 is 1.29 bits per heavy atom. The number of esters is 1. The lowest BCUT2D eigenvalue weighted by Crippen LogP contribution is -2.49. The Hall–Kier alpha value is -1.10. The van der Waals surface area contributed by atoms with Gasteiger partial charge in [0.1, 0.15) is 5.60 Å². The quantitative estimate of drug-likeness (QED) is 0.546. The molecule has 0 rings (SSSR count). The second-order valence-electron chi connectivity index (χ2n) is 5.17. The van der Waals surface area contributed by atoms with Gasteiger partial charge in [0.05, 0.1) is 0 Å². The molecule has 0 aliphatic rings. The zero-order valence-corrected chi connectivity index (χ0v) is 11.3. The number of hydrogen-bond acceptors (Lipinski definition) is 4. The molecule has 0 heterocycles. The minimum Gasteiger partial charge on any atom is -0.480 e. The summed E-state index contributed by atoms with van der Waals surface area (Å²) in [5, 5.41) is 12.1. The molecule has 0 aliphatic heterocycles. The molecule has 0 saturated carbocycles. The van der Waals surface area contributed by atoms with Crippen LogP contribution >= 0.6 is 0 Å². The van der Waals surface area contributed by atoms with Gasteiger partial charge in [-0.3, -0.25) is 9.59 Å². The molecule has 0 aliphatic carbocycles. The lowest BCUT2D eigenvalue weighted by atomic mass is 9.83. The first kappa shape index (κ1) is 15.9. The van der Waals surface area contributed by atoms with E-state index in [2.05, 4.69) is 5.32 Å². The Bertz CT molecular complexity index is 275. The Morgan fingerprint density at radius 3 is 2.12 bits per heavy atom. The molecular weight excluding hydrogens is 222 g/mol. The second-order valence-corrected chi connectivity index (χ2v) is 5.17. The molecule has 0 aromatic rings. The minimum atomic E-state index is -1.49. The van der Waals surface area contributed by atoms with Gasteiger partial charge < -0.3 is 15.2 Å². The van der Waals surface area contributed by atoms with Crippen molar-refractivity contribution in [3.8, 4) is 0 Å². The first-order chi connectivity index (χ1) is 7.69. The zero-order valence-electron chi connectivity index (χ0n) is 11.3. The highest BCUT2D eigenvalue weighted by Gasteiger charge is 2.47. The third kappa shape index (κ3) is 4.34. The monoisotopic (exact) mass is 245 g/mol. The summed E-state index contributed by atoms with van der Waals surface area (Å²) in [6.45, 7) is 7.09. The second kappa shape index (κ2) is 6.00. The van der Waals surface area contributed by atoms with Crippen LogP contribution in [0.5, 0.6) is 0 Å². The maximum atomic E-state index is 12.1. The number of carboxylic acids is 1. The normalized spacial score (nSPS) is 15.1. The molecule has 0 aromatic carbocycles. The summed E-state index contributed by atoms with van der Waals surface area (Å²) in [6.07, 6.45) is 0.866. The highest BCUT2D eigenvalue weighted by molar-refractivity contribution is 5.99. The van der Waals surface area contributed by atoms with Crippen LogP contribution in [0.3, 0.4) is 0 Å². The predicted octanol–water partition coefficient (Wildman–Crippen LogP) is 1.42. The maximum Gasteiger partial charge on any atom is 0.325 e. The van der Waals surface area contributed by atoms with E-state index in [4.69, 9.17) is 4.74 Å². The van der Waals surface area contributed by atoms with Crippen molar-refractivity contribution in [3.05, 3.63) is 0 Å². The van der Waals surface area contributed by atoms with Crippen LogP contribution in [0.1, 0.15) is 40.5 Å². The van der Waals surface area contributed by atoms with Crippen molar-refractivity contribution in [1.29, 1.82) is 0 Å². The van der Waals surface area contributed by atoms with Crippen LogP contribution in [0.15, 0.2) is 0 Å². The molecule has 0 unspecified atom stereocenters. The Kier molecular flexibility index (Phi) is 5.61. The van der Waals surface area contributed by atoms with Crippen LogP contribution in [-0.4, -0.2) is 36.2 Å². The molecule has 2 N–H and O–H groups in total. The fraction of sp³-hybridized carbons (Fsp3) is 0.833. The summed E-state index contributed by atoms with van der Waals surface area (Å²) in [5.41, 5.74) is -2.17. The third-order valence-corrected chi connectivity index (χ3v) is 2.35. The molecule has 0 radical (unpaired) electrons. The van der Waals surface area contributed by atoms with E-state index in [0.717, 1.165) is 0 Å². The maximum absolute atomic E-state index is 12.1. The predicted molar refractivity (Wildman–Crippen MR) is 64.7 cm³/mol. The number of rotatable bonds is 6. The number of carbonyl (C=O) groups excluding carboxylic acids is 1. The summed E-state index contributed by atoms with van der Waals surface area (Å²) in [7, 11) is 1.62. The van der Waals surface area contributed by atoms with Crippen molar-refractivity contribution in [2.45, 2.75) is 46.1 Å². The molecule has 0 spiro atoms. The van der Waals surface area contributed by atoms with Crippen LogP contribution in [0.4, 0.5) is 0 Å². The standard InChI is InChI=1S/C12H23NO4/c1-6-7-12(8-13-5,9(14)15)10(16)17-11(2,3)4/h13H,6-8H2,1-5H3,(H,14,15)/t12-/m1/s1.